The van der Waals surface area contributed by atoms with Crippen LogP contribution in [-0.4, -0.2) is 40.7 Å². The highest BCUT2D eigenvalue weighted by Gasteiger charge is 2.29. The zero-order valence-electron chi connectivity index (χ0n) is 18.8. The molecule has 9 heteroatoms. The topological polar surface area (TPSA) is 118 Å². The number of carboxylic acid groups (broad SMARTS) is 1. The predicted molar refractivity (Wildman–Crippen MR) is 129 cm³/mol. The Bertz CT molecular complexity index is 1180. The Balaban J connectivity index is 1.36. The van der Waals surface area contributed by atoms with E-state index in [1.165, 1.54) is 5.38 Å². The first-order chi connectivity index (χ1) is 16.3. The van der Waals surface area contributed by atoms with Gasteiger partial charge in [0.2, 0.25) is 0 Å². The molecule has 2 amide bonds. The largest absolute Gasteiger partial charge is 0.481 e. The van der Waals surface area contributed by atoms with Gasteiger partial charge in [-0.3, -0.25) is 14.9 Å². The summed E-state index contributed by atoms with van der Waals surface area (Å²) in [6.07, 6.45) is -0.840. The number of hydrogen-bond acceptors (Lipinski definition) is 6. The summed E-state index contributed by atoms with van der Waals surface area (Å²) in [5.41, 5.74) is 4.63. The maximum atomic E-state index is 12.5. The number of amides is 2. The molecule has 1 heterocycles. The van der Waals surface area contributed by atoms with E-state index in [2.05, 4.69) is 27.8 Å². The van der Waals surface area contributed by atoms with E-state index < -0.39 is 24.0 Å². The van der Waals surface area contributed by atoms with Gasteiger partial charge < -0.3 is 15.2 Å². The highest BCUT2D eigenvalue weighted by Crippen LogP contribution is 2.44. The first kappa shape index (κ1) is 23.4. The Morgan fingerprint density at radius 3 is 2.26 bits per heavy atom. The molecule has 1 unspecified atom stereocenters. The van der Waals surface area contributed by atoms with Crippen molar-refractivity contribution in [3.05, 3.63) is 70.7 Å². The first-order valence-electron chi connectivity index (χ1n) is 10.9. The van der Waals surface area contributed by atoms with Crippen molar-refractivity contribution in [3.8, 4) is 11.1 Å². The fraction of sp³-hybridized carbons (Fsp3) is 0.280. The van der Waals surface area contributed by atoms with Gasteiger partial charge in [0.15, 0.2) is 5.13 Å². The van der Waals surface area contributed by atoms with Crippen LogP contribution in [0.15, 0.2) is 53.9 Å². The average Bonchev–Trinajstić information content (AvgIpc) is 3.39. The van der Waals surface area contributed by atoms with Gasteiger partial charge in [0.05, 0.1) is 6.42 Å². The first-order valence-corrected chi connectivity index (χ1v) is 11.8. The maximum absolute atomic E-state index is 12.5. The third kappa shape index (κ3) is 5.09. The lowest BCUT2D eigenvalue weighted by atomic mass is 9.98. The molecule has 8 nitrogen and oxygen atoms in total. The predicted octanol–water partition coefficient (Wildman–Crippen LogP) is 4.73. The van der Waals surface area contributed by atoms with Crippen molar-refractivity contribution in [1.29, 1.82) is 0 Å². The van der Waals surface area contributed by atoms with Gasteiger partial charge in [-0.2, -0.15) is 0 Å². The molecule has 4 rings (SSSR count). The fourth-order valence-corrected chi connectivity index (χ4v) is 4.72. The lowest BCUT2D eigenvalue weighted by Gasteiger charge is -2.19. The smallest absolute Gasteiger partial charge is 0.413 e. The minimum Gasteiger partial charge on any atom is -0.481 e. The summed E-state index contributed by atoms with van der Waals surface area (Å²) in [6, 6.07) is 15.6. The number of thiazole rings is 1. The molecule has 1 atom stereocenters. The molecule has 0 aliphatic heterocycles. The van der Waals surface area contributed by atoms with Crippen LogP contribution in [0.2, 0.25) is 0 Å². The normalized spacial score (nSPS) is 13.1. The van der Waals surface area contributed by atoms with Crippen molar-refractivity contribution < 1.29 is 24.2 Å². The summed E-state index contributed by atoms with van der Waals surface area (Å²) in [6.45, 7) is 3.84. The monoisotopic (exact) mass is 479 g/mol. The second-order valence-electron chi connectivity index (χ2n) is 8.41. The van der Waals surface area contributed by atoms with Crippen LogP contribution in [0.25, 0.3) is 11.1 Å². The summed E-state index contributed by atoms with van der Waals surface area (Å²) in [5, 5.41) is 16.0. The number of nitrogens with zero attached hydrogens (tertiary/aromatic N) is 1. The Hall–Kier alpha value is -3.72. The highest BCUT2D eigenvalue weighted by atomic mass is 32.1. The van der Waals surface area contributed by atoms with Crippen LogP contribution in [-0.2, 0) is 9.53 Å². The Morgan fingerprint density at radius 1 is 1.06 bits per heavy atom. The van der Waals surface area contributed by atoms with Crippen LogP contribution in [0.4, 0.5) is 9.93 Å². The van der Waals surface area contributed by atoms with E-state index in [1.54, 1.807) is 0 Å². The van der Waals surface area contributed by atoms with Gasteiger partial charge in [-0.1, -0.05) is 62.4 Å². The summed E-state index contributed by atoms with van der Waals surface area (Å²) >= 11 is 1.09. The molecule has 0 saturated heterocycles. The van der Waals surface area contributed by atoms with E-state index in [0.717, 1.165) is 33.6 Å². The number of aromatic nitrogens is 1. The number of carbonyl (C=O) groups is 3. The lowest BCUT2D eigenvalue weighted by Crippen LogP contribution is -2.40. The van der Waals surface area contributed by atoms with Gasteiger partial charge in [0.1, 0.15) is 12.3 Å². The zero-order chi connectivity index (χ0) is 24.2. The highest BCUT2D eigenvalue weighted by molar-refractivity contribution is 7.14. The number of anilines is 1. The van der Waals surface area contributed by atoms with Crippen molar-refractivity contribution in [3.63, 3.8) is 0 Å². The van der Waals surface area contributed by atoms with Crippen LogP contribution in [0.3, 0.4) is 0 Å². The van der Waals surface area contributed by atoms with Gasteiger partial charge in [-0.05, 0) is 28.2 Å². The molecular formula is C25H25N3O5S. The minimum absolute atomic E-state index is 0.0574. The number of hydrogen-bond donors (Lipinski definition) is 3. The molecule has 1 aliphatic rings. The molecular weight excluding hydrogens is 454 g/mol. The Kier molecular flexibility index (Phi) is 6.93. The summed E-state index contributed by atoms with van der Waals surface area (Å²) < 4.78 is 5.50. The Labute approximate surface area is 201 Å². The van der Waals surface area contributed by atoms with Crippen molar-refractivity contribution >= 4 is 34.4 Å². The number of nitrogens with one attached hydrogen (secondary N) is 2. The zero-order valence-corrected chi connectivity index (χ0v) is 19.6. The lowest BCUT2D eigenvalue weighted by molar-refractivity contribution is -0.137. The molecule has 0 spiro atoms. The molecule has 0 bridgehead atoms. The van der Waals surface area contributed by atoms with Gasteiger partial charge in [0, 0.05) is 17.3 Å². The van der Waals surface area contributed by atoms with E-state index >= 15 is 0 Å². The molecule has 2 aromatic carbocycles. The molecule has 1 aliphatic carbocycles. The van der Waals surface area contributed by atoms with Gasteiger partial charge in [-0.25, -0.2) is 9.78 Å². The molecule has 0 saturated carbocycles. The molecule has 1 aromatic heterocycles. The number of benzene rings is 2. The number of carboxylic acids is 1. The number of aliphatic carboxylic acids is 1. The van der Waals surface area contributed by atoms with E-state index in [1.807, 2.05) is 50.2 Å². The third-order valence-corrected chi connectivity index (χ3v) is 6.56. The van der Waals surface area contributed by atoms with Crippen LogP contribution in [0.5, 0.6) is 0 Å². The summed E-state index contributed by atoms with van der Waals surface area (Å²) in [7, 11) is 0. The molecule has 34 heavy (non-hydrogen) atoms. The average molecular weight is 480 g/mol. The SMILES string of the molecule is CC(C)C(CC(=O)O)NC(=O)c1csc(NC(=O)OCC2c3ccccc3-c3ccccc32)n1. The van der Waals surface area contributed by atoms with Crippen LogP contribution < -0.4 is 10.6 Å². The summed E-state index contributed by atoms with van der Waals surface area (Å²) in [5.74, 6) is -1.60. The fourth-order valence-electron chi connectivity index (χ4n) is 4.04. The van der Waals surface area contributed by atoms with Crippen LogP contribution in [0, 0.1) is 5.92 Å². The van der Waals surface area contributed by atoms with Crippen molar-refractivity contribution in [2.24, 2.45) is 5.92 Å². The van der Waals surface area contributed by atoms with Crippen LogP contribution in [0.1, 0.15) is 47.8 Å². The van der Waals surface area contributed by atoms with Gasteiger partial charge >= 0.3 is 12.1 Å². The standard InChI is InChI=1S/C25H25N3O5S/c1-14(2)20(11-22(29)30)26-23(31)21-13-34-24(27-21)28-25(32)33-12-19-17-9-5-3-7-15(17)16-8-4-6-10-18(16)19/h3-10,13-14,19-20H,11-12H2,1-2H3,(H,26,31)(H,29,30)(H,27,28,32). The number of ether oxygens (including phenoxy) is 1. The summed E-state index contributed by atoms with van der Waals surface area (Å²) in [4.78, 5) is 40.1. The molecule has 3 N–H and O–H groups in total. The quantitative estimate of drug-likeness (QED) is 0.430. The molecule has 0 radical (unpaired) electrons. The third-order valence-electron chi connectivity index (χ3n) is 5.81. The Morgan fingerprint density at radius 2 is 1.68 bits per heavy atom. The van der Waals surface area contributed by atoms with Gasteiger partial charge in [-0.15, -0.1) is 11.3 Å². The van der Waals surface area contributed by atoms with Gasteiger partial charge in [0.25, 0.3) is 5.91 Å². The van der Waals surface area contributed by atoms with E-state index in [9.17, 15) is 14.4 Å². The van der Waals surface area contributed by atoms with E-state index in [4.69, 9.17) is 9.84 Å². The van der Waals surface area contributed by atoms with Crippen molar-refractivity contribution in [1.82, 2.24) is 10.3 Å². The second kappa shape index (κ2) is 10.0. The molecule has 176 valence electrons. The van der Waals surface area contributed by atoms with Crippen molar-refractivity contribution in [2.45, 2.75) is 32.2 Å². The number of rotatable bonds is 8. The minimum atomic E-state index is -0.991. The molecule has 3 aromatic rings. The number of carbonyl (C=O) groups excluding carboxylic acids is 2. The van der Waals surface area contributed by atoms with E-state index in [-0.39, 0.29) is 35.7 Å². The van der Waals surface area contributed by atoms with E-state index in [0.29, 0.717) is 0 Å². The number of fused-ring (bicyclic) bond motifs is 3. The molecule has 0 fully saturated rings. The maximum Gasteiger partial charge on any atom is 0.413 e. The van der Waals surface area contributed by atoms with Crippen LogP contribution >= 0.6 is 11.3 Å². The van der Waals surface area contributed by atoms with Crippen molar-refractivity contribution in [2.75, 3.05) is 11.9 Å². The second-order valence-corrected chi connectivity index (χ2v) is 9.27.